The molecule has 0 fully saturated rings. The maximum Gasteiger partial charge on any atom is 0.374 e. The Labute approximate surface area is 172 Å². The molecule has 0 bridgehead atoms. The number of benzene rings is 2. The van der Waals surface area contributed by atoms with Crippen molar-refractivity contribution in [3.8, 4) is 5.69 Å². The maximum atomic E-state index is 15.4. The van der Waals surface area contributed by atoms with Crippen LogP contribution in [0.1, 0.15) is 31.0 Å². The number of aromatic amines is 1. The van der Waals surface area contributed by atoms with Gasteiger partial charge in [-0.1, -0.05) is 13.8 Å². The number of carbonyl (C=O) groups is 1. The van der Waals surface area contributed by atoms with Gasteiger partial charge in [-0.2, -0.15) is 13.9 Å². The Hall–Kier alpha value is -3.43. The molecule has 2 N–H and O–H groups in total. The summed E-state index contributed by atoms with van der Waals surface area (Å²) >= 11 is 0. The smallest absolute Gasteiger partial charge is 0.374 e. The summed E-state index contributed by atoms with van der Waals surface area (Å²) in [6.07, 6.45) is 0.0562. The third-order valence-electron chi connectivity index (χ3n) is 5.17. The van der Waals surface area contributed by atoms with Gasteiger partial charge in [-0.05, 0) is 29.7 Å². The molecule has 0 amide bonds. The van der Waals surface area contributed by atoms with Crippen molar-refractivity contribution in [1.82, 2.24) is 14.8 Å². The summed E-state index contributed by atoms with van der Waals surface area (Å²) in [7, 11) is 0. The molecule has 10 heteroatoms. The highest BCUT2D eigenvalue weighted by molar-refractivity contribution is 5.99. The van der Waals surface area contributed by atoms with Gasteiger partial charge in [-0.25, -0.2) is 18.0 Å². The monoisotopic (exact) mass is 437 g/mol. The highest BCUT2D eigenvalue weighted by atomic mass is 19.3. The molecule has 4 rings (SSSR count). The van der Waals surface area contributed by atoms with Gasteiger partial charge in [0.05, 0.1) is 18.1 Å². The Kier molecular flexibility index (Phi) is 4.75. The molecule has 2 aromatic heterocycles. The first-order valence-corrected chi connectivity index (χ1v) is 9.28. The van der Waals surface area contributed by atoms with Gasteiger partial charge in [-0.3, -0.25) is 5.10 Å². The predicted molar refractivity (Wildman–Crippen MR) is 103 cm³/mol. The van der Waals surface area contributed by atoms with Crippen molar-refractivity contribution in [3.63, 3.8) is 0 Å². The zero-order valence-corrected chi connectivity index (χ0v) is 16.3. The number of aliphatic carboxylic acids is 1. The summed E-state index contributed by atoms with van der Waals surface area (Å²) in [6, 6.07) is 4.46. The lowest BCUT2D eigenvalue weighted by atomic mass is 9.97. The molecule has 0 aliphatic heterocycles. The highest BCUT2D eigenvalue weighted by Gasteiger charge is 2.41. The van der Waals surface area contributed by atoms with Crippen LogP contribution in [-0.4, -0.2) is 31.8 Å². The van der Waals surface area contributed by atoms with E-state index in [1.54, 1.807) is 13.8 Å². The summed E-state index contributed by atoms with van der Waals surface area (Å²) in [5.74, 6) is -10.2. The minimum absolute atomic E-state index is 0.0369. The summed E-state index contributed by atoms with van der Waals surface area (Å²) < 4.78 is 72.8. The molecule has 0 atom stereocenters. The molecule has 2 aromatic carbocycles. The number of halogens is 5. The first-order chi connectivity index (χ1) is 14.5. The molecule has 0 radical (unpaired) electrons. The number of nitrogens with one attached hydrogen (secondary N) is 1. The summed E-state index contributed by atoms with van der Waals surface area (Å²) in [4.78, 5) is 11.1. The maximum absolute atomic E-state index is 15.4. The van der Waals surface area contributed by atoms with Crippen molar-refractivity contribution in [2.24, 2.45) is 0 Å². The lowest BCUT2D eigenvalue weighted by Crippen LogP contribution is -2.31. The average Bonchev–Trinajstić information content (AvgIpc) is 3.27. The van der Waals surface area contributed by atoms with Gasteiger partial charge in [0, 0.05) is 28.2 Å². The van der Waals surface area contributed by atoms with Crippen LogP contribution in [0.4, 0.5) is 22.0 Å². The number of H-pyrrole nitrogens is 1. The van der Waals surface area contributed by atoms with Gasteiger partial charge in [0.1, 0.15) is 5.52 Å². The van der Waals surface area contributed by atoms with E-state index in [9.17, 15) is 22.4 Å². The molecule has 0 saturated heterocycles. The van der Waals surface area contributed by atoms with Gasteiger partial charge in [0.15, 0.2) is 17.5 Å². The van der Waals surface area contributed by atoms with E-state index in [0.29, 0.717) is 5.39 Å². The van der Waals surface area contributed by atoms with Crippen molar-refractivity contribution in [1.29, 1.82) is 0 Å². The van der Waals surface area contributed by atoms with Crippen molar-refractivity contribution in [2.45, 2.75) is 32.1 Å². The number of hydrogen-bond acceptors (Lipinski definition) is 2. The minimum Gasteiger partial charge on any atom is -0.477 e. The first kappa shape index (κ1) is 20.8. The molecule has 0 saturated carbocycles. The van der Waals surface area contributed by atoms with Gasteiger partial charge < -0.3 is 9.67 Å². The van der Waals surface area contributed by atoms with Crippen LogP contribution in [0.5, 0.6) is 0 Å². The molecule has 5 nitrogen and oxygen atoms in total. The fraction of sp³-hybridized carbons (Fsp3) is 0.238. The van der Waals surface area contributed by atoms with Crippen molar-refractivity contribution < 1.29 is 31.9 Å². The zero-order valence-electron chi connectivity index (χ0n) is 16.3. The Balaban J connectivity index is 2.17. The SMILES string of the molecule is CC(C)c1c(CC(F)(F)C(=O)O)c2c(F)c3[nH]ncc3cc2n1-c1ccc(F)c(F)c1. The van der Waals surface area contributed by atoms with Gasteiger partial charge in [0.25, 0.3) is 0 Å². The van der Waals surface area contributed by atoms with Crippen LogP contribution in [0.3, 0.4) is 0 Å². The summed E-state index contributed by atoms with van der Waals surface area (Å²) in [5.41, 5.74) is 0.0970. The first-order valence-electron chi connectivity index (χ1n) is 9.28. The van der Waals surface area contributed by atoms with Crippen molar-refractivity contribution in [2.75, 3.05) is 0 Å². The van der Waals surface area contributed by atoms with Crippen LogP contribution in [0.15, 0.2) is 30.5 Å². The second-order valence-electron chi connectivity index (χ2n) is 7.56. The second-order valence-corrected chi connectivity index (χ2v) is 7.56. The molecule has 162 valence electrons. The second kappa shape index (κ2) is 7.07. The van der Waals surface area contributed by atoms with E-state index in [0.717, 1.165) is 12.1 Å². The van der Waals surface area contributed by atoms with Crippen molar-refractivity contribution >= 4 is 27.8 Å². The van der Waals surface area contributed by atoms with E-state index >= 15 is 4.39 Å². The van der Waals surface area contributed by atoms with Gasteiger partial charge in [0.2, 0.25) is 0 Å². The van der Waals surface area contributed by atoms with Crippen LogP contribution >= 0.6 is 0 Å². The lowest BCUT2D eigenvalue weighted by molar-refractivity contribution is -0.164. The largest absolute Gasteiger partial charge is 0.477 e. The summed E-state index contributed by atoms with van der Waals surface area (Å²) in [5, 5.41) is 15.3. The third-order valence-corrected chi connectivity index (χ3v) is 5.17. The number of rotatable bonds is 5. The Morgan fingerprint density at radius 3 is 2.52 bits per heavy atom. The van der Waals surface area contributed by atoms with E-state index in [1.807, 2.05) is 0 Å². The fourth-order valence-corrected chi connectivity index (χ4v) is 3.88. The normalized spacial score (nSPS) is 12.4. The molecule has 0 spiro atoms. The molecule has 0 unspecified atom stereocenters. The Morgan fingerprint density at radius 2 is 1.90 bits per heavy atom. The molecular formula is C21H16F5N3O2. The molecular weight excluding hydrogens is 421 g/mol. The summed E-state index contributed by atoms with van der Waals surface area (Å²) in [6.45, 7) is 3.30. The number of alkyl halides is 2. The van der Waals surface area contributed by atoms with E-state index in [4.69, 9.17) is 5.11 Å². The number of hydrogen-bond donors (Lipinski definition) is 2. The van der Waals surface area contributed by atoms with Gasteiger partial charge >= 0.3 is 11.9 Å². The number of fused-ring (bicyclic) bond motifs is 2. The predicted octanol–water partition coefficient (Wildman–Crippen LogP) is 5.31. The van der Waals surface area contributed by atoms with Crippen LogP contribution in [0.25, 0.3) is 27.5 Å². The molecule has 31 heavy (non-hydrogen) atoms. The number of carboxylic acids is 1. The fourth-order valence-electron chi connectivity index (χ4n) is 3.88. The minimum atomic E-state index is -4.17. The van der Waals surface area contributed by atoms with Crippen LogP contribution in [0.2, 0.25) is 0 Å². The van der Waals surface area contributed by atoms with Crippen LogP contribution < -0.4 is 0 Å². The molecule has 4 aromatic rings. The van der Waals surface area contributed by atoms with Gasteiger partial charge in [-0.15, -0.1) is 0 Å². The Bertz CT molecular complexity index is 1340. The number of carboxylic acid groups (broad SMARTS) is 1. The van der Waals surface area contributed by atoms with E-state index in [-0.39, 0.29) is 33.4 Å². The lowest BCUT2D eigenvalue weighted by Gasteiger charge is -2.17. The average molecular weight is 437 g/mol. The number of nitrogens with zero attached hydrogens (tertiary/aromatic N) is 2. The zero-order chi connectivity index (χ0) is 22.7. The highest BCUT2D eigenvalue weighted by Crippen LogP contribution is 2.40. The van der Waals surface area contributed by atoms with Crippen LogP contribution in [0, 0.1) is 17.5 Å². The molecule has 0 aliphatic rings. The quantitative estimate of drug-likeness (QED) is 0.416. The van der Waals surface area contributed by atoms with Crippen molar-refractivity contribution in [3.05, 3.63) is 59.2 Å². The topological polar surface area (TPSA) is 70.9 Å². The molecule has 2 heterocycles. The van der Waals surface area contributed by atoms with E-state index in [1.165, 1.54) is 22.9 Å². The standard InChI is InChI=1S/C21H16F5N3O2/c1-9(2)19-12(7-21(25,26)20(30)31)16-15(5-10-8-27-28-18(10)17(16)24)29(19)11-3-4-13(22)14(23)6-11/h3-6,8-9H,7H2,1-2H3,(H,27,28)(H,30,31). The van der Waals surface area contributed by atoms with E-state index in [2.05, 4.69) is 10.2 Å². The third kappa shape index (κ3) is 3.22. The van der Waals surface area contributed by atoms with Crippen LogP contribution in [-0.2, 0) is 11.2 Å². The Morgan fingerprint density at radius 1 is 1.19 bits per heavy atom. The number of aromatic nitrogens is 3. The molecule has 0 aliphatic carbocycles. The van der Waals surface area contributed by atoms with E-state index < -0.39 is 41.7 Å².